The van der Waals surface area contributed by atoms with E-state index in [-0.39, 0.29) is 28.9 Å². The fourth-order valence-electron chi connectivity index (χ4n) is 3.96. The smallest absolute Gasteiger partial charge is 0.300 e. The van der Waals surface area contributed by atoms with Crippen molar-refractivity contribution < 1.29 is 29.0 Å². The van der Waals surface area contributed by atoms with E-state index < -0.39 is 17.7 Å². The van der Waals surface area contributed by atoms with Crippen LogP contribution in [0.2, 0.25) is 0 Å². The van der Waals surface area contributed by atoms with E-state index in [2.05, 4.69) is 0 Å². The number of amides is 1. The molecule has 1 atom stereocenters. The molecule has 170 valence electrons. The number of ether oxygens (including phenoxy) is 1. The van der Waals surface area contributed by atoms with Gasteiger partial charge < -0.3 is 19.4 Å². The molecule has 2 aromatic carbocycles. The Morgan fingerprint density at radius 1 is 1.06 bits per heavy atom. The van der Waals surface area contributed by atoms with E-state index in [1.54, 1.807) is 49.4 Å². The Hall–Kier alpha value is -4.00. The number of rotatable bonds is 5. The fraction of sp³-hybridized carbons (Fsp3) is 0.231. The highest BCUT2D eigenvalue weighted by atomic mass is 16.5. The van der Waals surface area contributed by atoms with Gasteiger partial charge >= 0.3 is 0 Å². The van der Waals surface area contributed by atoms with Crippen LogP contribution in [0.1, 0.15) is 42.5 Å². The van der Waals surface area contributed by atoms with E-state index in [1.165, 1.54) is 12.1 Å². The molecular formula is C26H25NO6. The predicted octanol–water partition coefficient (Wildman–Crippen LogP) is 5.02. The lowest BCUT2D eigenvalue weighted by atomic mass is 9.98. The number of carbonyl (C=O) groups excluding carboxylic acids is 2. The normalized spacial score (nSPS) is 17.7. The van der Waals surface area contributed by atoms with Crippen molar-refractivity contribution in [3.05, 3.63) is 82.8 Å². The molecule has 7 nitrogen and oxygen atoms in total. The highest BCUT2D eigenvalue weighted by Gasteiger charge is 2.49. The van der Waals surface area contributed by atoms with Crippen molar-refractivity contribution >= 4 is 23.1 Å². The number of carbonyl (C=O) groups is 2. The molecule has 0 spiro atoms. The maximum absolute atomic E-state index is 13.1. The Bertz CT molecular complexity index is 1270. The number of hydrogen-bond acceptors (Lipinski definition) is 6. The van der Waals surface area contributed by atoms with Crippen LogP contribution in [-0.2, 0) is 9.59 Å². The van der Waals surface area contributed by atoms with Crippen LogP contribution in [0.5, 0.6) is 11.5 Å². The lowest BCUT2D eigenvalue weighted by Gasteiger charge is -2.24. The van der Waals surface area contributed by atoms with Crippen molar-refractivity contribution in [2.45, 2.75) is 39.8 Å². The summed E-state index contributed by atoms with van der Waals surface area (Å²) < 4.78 is 11.5. The number of para-hydroxylation sites is 2. The van der Waals surface area contributed by atoms with Crippen LogP contribution < -0.4 is 9.64 Å². The molecule has 1 amide bonds. The first-order valence-corrected chi connectivity index (χ1v) is 10.6. The number of aliphatic hydroxyl groups excluding tert-OH is 1. The maximum atomic E-state index is 13.1. The molecule has 1 saturated heterocycles. The molecule has 0 radical (unpaired) electrons. The van der Waals surface area contributed by atoms with E-state index in [0.717, 1.165) is 10.5 Å². The van der Waals surface area contributed by atoms with Gasteiger partial charge in [-0.2, -0.15) is 0 Å². The monoisotopic (exact) mass is 447 g/mol. The maximum Gasteiger partial charge on any atom is 0.300 e. The van der Waals surface area contributed by atoms with Crippen LogP contribution in [0.25, 0.3) is 5.76 Å². The molecule has 0 aliphatic carbocycles. The standard InChI is InChI=1S/C26H25NO6/c1-14(2)32-20-12-10-17(13-15(20)3)24(29)22-23(21-11-9-16(4)33-21)27(26(31)25(22)30)18-7-5-6-8-19(18)28/h5-14,23,28-29H,1-4H3/b24-22-. The van der Waals surface area contributed by atoms with Gasteiger partial charge in [-0.3, -0.25) is 14.5 Å². The van der Waals surface area contributed by atoms with Crippen molar-refractivity contribution in [2.24, 2.45) is 0 Å². The largest absolute Gasteiger partial charge is 0.507 e. The minimum Gasteiger partial charge on any atom is -0.507 e. The molecule has 1 unspecified atom stereocenters. The van der Waals surface area contributed by atoms with Gasteiger partial charge in [0.1, 0.15) is 34.8 Å². The molecule has 0 bridgehead atoms. The van der Waals surface area contributed by atoms with Crippen LogP contribution in [-0.4, -0.2) is 28.0 Å². The molecule has 3 aromatic rings. The number of ketones is 1. The quantitative estimate of drug-likeness (QED) is 0.324. The molecule has 1 fully saturated rings. The molecule has 0 saturated carbocycles. The van der Waals surface area contributed by atoms with Crippen LogP contribution in [0.4, 0.5) is 5.69 Å². The topological polar surface area (TPSA) is 100 Å². The zero-order valence-corrected chi connectivity index (χ0v) is 18.8. The molecule has 1 aliphatic rings. The Morgan fingerprint density at radius 2 is 1.79 bits per heavy atom. The molecular weight excluding hydrogens is 422 g/mol. The summed E-state index contributed by atoms with van der Waals surface area (Å²) in [6.45, 7) is 7.41. The van der Waals surface area contributed by atoms with Crippen molar-refractivity contribution in [3.63, 3.8) is 0 Å². The van der Waals surface area contributed by atoms with E-state index in [1.807, 2.05) is 20.8 Å². The molecule has 2 heterocycles. The lowest BCUT2D eigenvalue weighted by Crippen LogP contribution is -2.29. The van der Waals surface area contributed by atoms with E-state index >= 15 is 0 Å². The number of Topliss-reactive ketones (excluding diaryl/α,β-unsaturated/α-hetero) is 1. The third kappa shape index (κ3) is 3.98. The highest BCUT2D eigenvalue weighted by Crippen LogP contribution is 2.45. The van der Waals surface area contributed by atoms with Gasteiger partial charge in [-0.15, -0.1) is 0 Å². The minimum absolute atomic E-state index is 0.0192. The number of nitrogens with zero attached hydrogens (tertiary/aromatic N) is 1. The van der Waals surface area contributed by atoms with E-state index in [0.29, 0.717) is 22.8 Å². The van der Waals surface area contributed by atoms with E-state index in [9.17, 15) is 19.8 Å². The zero-order chi connectivity index (χ0) is 23.9. The van der Waals surface area contributed by atoms with Crippen molar-refractivity contribution in [1.82, 2.24) is 0 Å². The lowest BCUT2D eigenvalue weighted by molar-refractivity contribution is -0.132. The third-order valence-electron chi connectivity index (χ3n) is 5.43. The number of benzene rings is 2. The number of hydrogen-bond donors (Lipinski definition) is 2. The second-order valence-electron chi connectivity index (χ2n) is 8.25. The summed E-state index contributed by atoms with van der Waals surface area (Å²) in [5, 5.41) is 21.6. The van der Waals surface area contributed by atoms with Crippen molar-refractivity contribution in [1.29, 1.82) is 0 Å². The molecule has 1 aliphatic heterocycles. The van der Waals surface area contributed by atoms with Gasteiger partial charge in [-0.25, -0.2) is 0 Å². The fourth-order valence-corrected chi connectivity index (χ4v) is 3.96. The van der Waals surface area contributed by atoms with Gasteiger partial charge in [-0.1, -0.05) is 12.1 Å². The second-order valence-corrected chi connectivity index (χ2v) is 8.25. The van der Waals surface area contributed by atoms with Crippen LogP contribution in [0, 0.1) is 13.8 Å². The summed E-state index contributed by atoms with van der Waals surface area (Å²) in [6.07, 6.45) is -0.0192. The zero-order valence-electron chi connectivity index (χ0n) is 18.8. The molecule has 4 rings (SSSR count). The first-order chi connectivity index (χ1) is 15.7. The number of aryl methyl sites for hydroxylation is 2. The Balaban J connectivity index is 1.89. The van der Waals surface area contributed by atoms with Gasteiger partial charge in [-0.05, 0) is 75.7 Å². The SMILES string of the molecule is Cc1ccc(C2/C(=C(/O)c3ccc(OC(C)C)c(C)c3)C(=O)C(=O)N2c2ccccc2O)o1. The second kappa shape index (κ2) is 8.50. The average Bonchev–Trinajstić information content (AvgIpc) is 3.30. The summed E-state index contributed by atoms with van der Waals surface area (Å²) in [6, 6.07) is 13.6. The summed E-state index contributed by atoms with van der Waals surface area (Å²) in [7, 11) is 0. The summed E-state index contributed by atoms with van der Waals surface area (Å²) in [5.74, 6) is -0.687. The van der Waals surface area contributed by atoms with Crippen LogP contribution in [0.15, 0.2) is 64.6 Å². The molecule has 1 aromatic heterocycles. The van der Waals surface area contributed by atoms with Gasteiger partial charge in [0.25, 0.3) is 11.7 Å². The number of aliphatic hydroxyl groups is 1. The van der Waals surface area contributed by atoms with Crippen LogP contribution in [0.3, 0.4) is 0 Å². The van der Waals surface area contributed by atoms with Gasteiger partial charge in [0.05, 0.1) is 17.4 Å². The van der Waals surface area contributed by atoms with Gasteiger partial charge in [0.2, 0.25) is 0 Å². The summed E-state index contributed by atoms with van der Waals surface area (Å²) >= 11 is 0. The first kappa shape index (κ1) is 22.2. The summed E-state index contributed by atoms with van der Waals surface area (Å²) in [4.78, 5) is 27.4. The number of furan rings is 1. The average molecular weight is 447 g/mol. The number of anilines is 1. The van der Waals surface area contributed by atoms with E-state index in [4.69, 9.17) is 9.15 Å². The van der Waals surface area contributed by atoms with Crippen LogP contribution >= 0.6 is 0 Å². The Labute approximate surface area is 191 Å². The number of phenols is 1. The van der Waals surface area contributed by atoms with Gasteiger partial charge in [0.15, 0.2) is 0 Å². The Morgan fingerprint density at radius 3 is 2.39 bits per heavy atom. The number of phenolic OH excluding ortho intramolecular Hbond substituents is 1. The molecule has 2 N–H and O–H groups in total. The molecule has 7 heteroatoms. The van der Waals surface area contributed by atoms with Crippen molar-refractivity contribution in [3.8, 4) is 11.5 Å². The van der Waals surface area contributed by atoms with Crippen molar-refractivity contribution in [2.75, 3.05) is 4.90 Å². The summed E-state index contributed by atoms with van der Waals surface area (Å²) in [5.41, 5.74) is 1.17. The highest BCUT2D eigenvalue weighted by molar-refractivity contribution is 6.51. The van der Waals surface area contributed by atoms with Gasteiger partial charge in [0, 0.05) is 5.56 Å². The Kier molecular flexibility index (Phi) is 5.72. The minimum atomic E-state index is -1.04. The number of aromatic hydroxyl groups is 1. The molecule has 33 heavy (non-hydrogen) atoms. The predicted molar refractivity (Wildman–Crippen MR) is 123 cm³/mol. The third-order valence-corrected chi connectivity index (χ3v) is 5.43. The first-order valence-electron chi connectivity index (χ1n) is 10.6.